The van der Waals surface area contributed by atoms with Crippen LogP contribution in [0, 0.1) is 0 Å². The Morgan fingerprint density at radius 2 is 1.86 bits per heavy atom. The molecule has 4 aromatic carbocycles. The van der Waals surface area contributed by atoms with Crippen molar-refractivity contribution in [2.24, 2.45) is 0 Å². The maximum absolute atomic E-state index is 12.9. The van der Waals surface area contributed by atoms with E-state index in [4.69, 9.17) is 28.2 Å². The number of hydrogen-bond acceptors (Lipinski definition) is 5. The van der Waals surface area contributed by atoms with Crippen molar-refractivity contribution in [2.75, 3.05) is 5.32 Å². The lowest BCUT2D eigenvalue weighted by Gasteiger charge is -2.12. The number of halogens is 1. The fourth-order valence-corrected chi connectivity index (χ4v) is 4.35. The normalized spacial score (nSPS) is 11.0. The molecule has 0 bridgehead atoms. The van der Waals surface area contributed by atoms with Crippen LogP contribution >= 0.6 is 23.8 Å². The summed E-state index contributed by atoms with van der Waals surface area (Å²) in [7, 11) is 0. The van der Waals surface area contributed by atoms with Crippen LogP contribution in [0.1, 0.15) is 22.8 Å². The summed E-state index contributed by atoms with van der Waals surface area (Å²) in [5, 5.41) is 18.4. The Labute approximate surface area is 211 Å². The van der Waals surface area contributed by atoms with Gasteiger partial charge < -0.3 is 14.8 Å². The number of thiocarbonyl (C=S) groups is 1. The van der Waals surface area contributed by atoms with E-state index in [1.807, 2.05) is 30.3 Å². The number of phenolic OH excluding ortho intramolecular Hbond substituents is 1. The highest BCUT2D eigenvalue weighted by Gasteiger charge is 2.15. The maximum atomic E-state index is 12.9. The third-order valence-electron chi connectivity index (χ3n) is 5.69. The second-order valence-electron chi connectivity index (χ2n) is 7.96. The molecule has 8 heteroatoms. The molecule has 0 unspecified atom stereocenters. The number of nitrogens with zero attached hydrogens (tertiary/aromatic N) is 1. The molecular weight excluding hydrogens is 482 g/mol. The van der Waals surface area contributed by atoms with Crippen molar-refractivity contribution >= 4 is 62.4 Å². The molecule has 6 nitrogen and oxygen atoms in total. The lowest BCUT2D eigenvalue weighted by Crippen LogP contribution is -2.34. The number of amides is 1. The number of phenols is 1. The van der Waals surface area contributed by atoms with Crippen LogP contribution in [0.2, 0.25) is 5.02 Å². The quantitative estimate of drug-likeness (QED) is 0.238. The highest BCUT2D eigenvalue weighted by atomic mass is 35.5. The minimum Gasteiger partial charge on any atom is -0.507 e. The van der Waals surface area contributed by atoms with Crippen LogP contribution in [0.15, 0.2) is 77.2 Å². The Balaban J connectivity index is 1.32. The molecule has 0 fully saturated rings. The Morgan fingerprint density at radius 1 is 1.06 bits per heavy atom. The smallest absolute Gasteiger partial charge is 0.258 e. The third kappa shape index (κ3) is 4.56. The molecule has 0 aliphatic carbocycles. The number of aromatic nitrogens is 1. The Kier molecular flexibility index (Phi) is 6.11. The summed E-state index contributed by atoms with van der Waals surface area (Å²) in [5.41, 5.74) is 3.95. The Bertz CT molecular complexity index is 1610. The third-order valence-corrected chi connectivity index (χ3v) is 6.22. The molecule has 0 aliphatic rings. The van der Waals surface area contributed by atoms with Gasteiger partial charge in [-0.05, 0) is 66.0 Å². The number of hydrogen-bond donors (Lipinski definition) is 3. The van der Waals surface area contributed by atoms with E-state index in [1.54, 1.807) is 36.4 Å². The average molecular weight is 502 g/mol. The van der Waals surface area contributed by atoms with Crippen molar-refractivity contribution in [2.45, 2.75) is 13.3 Å². The predicted molar refractivity (Wildman–Crippen MR) is 143 cm³/mol. The zero-order valence-corrected chi connectivity index (χ0v) is 20.2. The highest BCUT2D eigenvalue weighted by molar-refractivity contribution is 7.80. The highest BCUT2D eigenvalue weighted by Crippen LogP contribution is 2.33. The van der Waals surface area contributed by atoms with Gasteiger partial charge >= 0.3 is 0 Å². The molecule has 0 spiro atoms. The molecule has 5 rings (SSSR count). The van der Waals surface area contributed by atoms with Crippen molar-refractivity contribution in [1.82, 2.24) is 10.3 Å². The molecule has 0 aliphatic heterocycles. The van der Waals surface area contributed by atoms with Crippen molar-refractivity contribution in [3.05, 3.63) is 88.9 Å². The lowest BCUT2D eigenvalue weighted by molar-refractivity contribution is 0.0979. The number of carbonyl (C=O) groups is 1. The van der Waals surface area contributed by atoms with Crippen molar-refractivity contribution in [3.8, 4) is 17.2 Å². The number of anilines is 1. The van der Waals surface area contributed by atoms with Crippen LogP contribution in [0.4, 0.5) is 5.69 Å². The Morgan fingerprint density at radius 3 is 2.66 bits per heavy atom. The van der Waals surface area contributed by atoms with Gasteiger partial charge in [-0.1, -0.05) is 48.9 Å². The largest absolute Gasteiger partial charge is 0.507 e. The molecule has 1 aromatic heterocycles. The minimum atomic E-state index is -0.367. The predicted octanol–water partition coefficient (Wildman–Crippen LogP) is 6.70. The monoisotopic (exact) mass is 501 g/mol. The fraction of sp³-hybridized carbons (Fsp3) is 0.0741. The molecule has 3 N–H and O–H groups in total. The topological polar surface area (TPSA) is 87.4 Å². The summed E-state index contributed by atoms with van der Waals surface area (Å²) in [6.45, 7) is 2.07. The van der Waals surface area contributed by atoms with E-state index in [9.17, 15) is 9.90 Å². The molecule has 5 aromatic rings. The van der Waals surface area contributed by atoms with Gasteiger partial charge in [0.25, 0.3) is 5.91 Å². The van der Waals surface area contributed by atoms with Gasteiger partial charge in [0, 0.05) is 27.7 Å². The van der Waals surface area contributed by atoms with Crippen LogP contribution in [-0.2, 0) is 6.42 Å². The number of oxazole rings is 1. The minimum absolute atomic E-state index is 0.0323. The molecule has 174 valence electrons. The van der Waals surface area contributed by atoms with E-state index in [-0.39, 0.29) is 16.8 Å². The van der Waals surface area contributed by atoms with Gasteiger partial charge in [-0.15, -0.1) is 0 Å². The van der Waals surface area contributed by atoms with Crippen LogP contribution in [-0.4, -0.2) is 21.1 Å². The number of aryl methyl sites for hydroxylation is 1. The van der Waals surface area contributed by atoms with Crippen molar-refractivity contribution < 1.29 is 14.3 Å². The van der Waals surface area contributed by atoms with Gasteiger partial charge in [-0.3, -0.25) is 10.1 Å². The summed E-state index contributed by atoms with van der Waals surface area (Å²) < 4.78 is 5.82. The van der Waals surface area contributed by atoms with E-state index < -0.39 is 0 Å². The van der Waals surface area contributed by atoms with Gasteiger partial charge in [0.2, 0.25) is 5.89 Å². The molecule has 0 saturated carbocycles. The summed E-state index contributed by atoms with van der Waals surface area (Å²) >= 11 is 11.6. The van der Waals surface area contributed by atoms with E-state index in [0.717, 1.165) is 28.3 Å². The van der Waals surface area contributed by atoms with E-state index in [0.29, 0.717) is 33.3 Å². The van der Waals surface area contributed by atoms with E-state index >= 15 is 0 Å². The summed E-state index contributed by atoms with van der Waals surface area (Å²) in [6.07, 6.45) is 0.897. The second kappa shape index (κ2) is 9.37. The van der Waals surface area contributed by atoms with Crippen LogP contribution < -0.4 is 10.6 Å². The van der Waals surface area contributed by atoms with Gasteiger partial charge in [-0.25, -0.2) is 4.98 Å². The number of carbonyl (C=O) groups excluding carboxylic acids is 1. The van der Waals surface area contributed by atoms with Gasteiger partial charge in [0.15, 0.2) is 10.7 Å². The first-order valence-corrected chi connectivity index (χ1v) is 11.7. The number of aromatic hydroxyl groups is 1. The molecule has 0 radical (unpaired) electrons. The number of rotatable bonds is 4. The molecular formula is C27H20ClN3O3S. The zero-order valence-electron chi connectivity index (χ0n) is 18.6. The Hall–Kier alpha value is -3.94. The average Bonchev–Trinajstić information content (AvgIpc) is 3.27. The van der Waals surface area contributed by atoms with Crippen molar-refractivity contribution in [3.63, 3.8) is 0 Å². The molecule has 0 atom stereocenters. The number of nitrogens with one attached hydrogen (secondary N) is 2. The molecule has 1 heterocycles. The summed E-state index contributed by atoms with van der Waals surface area (Å²) in [5.74, 6) is -0.0768. The first kappa shape index (κ1) is 22.8. The second-order valence-corrected chi connectivity index (χ2v) is 8.77. The van der Waals surface area contributed by atoms with Gasteiger partial charge in [0.1, 0.15) is 11.3 Å². The molecule has 0 saturated heterocycles. The lowest BCUT2D eigenvalue weighted by atomic mass is 10.0. The van der Waals surface area contributed by atoms with Crippen LogP contribution in [0.3, 0.4) is 0 Å². The van der Waals surface area contributed by atoms with Crippen LogP contribution in [0.5, 0.6) is 5.75 Å². The van der Waals surface area contributed by atoms with Crippen LogP contribution in [0.25, 0.3) is 33.3 Å². The molecule has 1 amide bonds. The first-order chi connectivity index (χ1) is 16.9. The fourth-order valence-electron chi connectivity index (χ4n) is 3.90. The number of benzene rings is 4. The maximum Gasteiger partial charge on any atom is 0.258 e. The number of fused-ring (bicyclic) bond motifs is 2. The van der Waals surface area contributed by atoms with Crippen molar-refractivity contribution in [1.29, 1.82) is 0 Å². The standard InChI is InChI=1S/C27H20ClN3O3S/c1-2-15-9-12-24-22(13-15)30-26(34-24)20-11-10-16(14-23(20)32)29-27(35)31-25(33)19-7-3-6-18-17(19)5-4-8-21(18)28/h3-14,32H,2H2,1H3,(H2,29,31,33,35). The van der Waals surface area contributed by atoms with E-state index in [2.05, 4.69) is 22.5 Å². The zero-order chi connectivity index (χ0) is 24.5. The summed E-state index contributed by atoms with van der Waals surface area (Å²) in [4.78, 5) is 17.4. The van der Waals surface area contributed by atoms with Gasteiger partial charge in [-0.2, -0.15) is 0 Å². The summed E-state index contributed by atoms with van der Waals surface area (Å²) in [6, 6.07) is 21.5. The van der Waals surface area contributed by atoms with E-state index in [1.165, 1.54) is 6.07 Å². The SMILES string of the molecule is CCc1ccc2oc(-c3ccc(NC(=S)NC(=O)c4cccc5c(Cl)cccc45)cc3O)nc2c1. The first-order valence-electron chi connectivity index (χ1n) is 11.0. The van der Waals surface area contributed by atoms with Gasteiger partial charge in [0.05, 0.1) is 5.56 Å². The molecule has 35 heavy (non-hydrogen) atoms.